The van der Waals surface area contributed by atoms with Gasteiger partial charge in [0.1, 0.15) is 0 Å². The number of nitrogens with two attached hydrogens (primary N) is 1. The van der Waals surface area contributed by atoms with Crippen LogP contribution in [0, 0.1) is 0 Å². The van der Waals surface area contributed by atoms with Gasteiger partial charge >= 0.3 is 0 Å². The summed E-state index contributed by atoms with van der Waals surface area (Å²) in [4.78, 5) is 14.4. The summed E-state index contributed by atoms with van der Waals surface area (Å²) < 4.78 is 0. The number of hydrogen-bond donors (Lipinski definition) is 2. The van der Waals surface area contributed by atoms with E-state index in [0.717, 1.165) is 13.0 Å². The first kappa shape index (κ1) is 16.0. The maximum absolute atomic E-state index is 12.4. The van der Waals surface area contributed by atoms with Crippen molar-refractivity contribution in [2.45, 2.75) is 12.5 Å². The van der Waals surface area contributed by atoms with Gasteiger partial charge in [0.05, 0.1) is 0 Å². The average molecular weight is 297 g/mol. The third-order valence-corrected chi connectivity index (χ3v) is 3.42. The summed E-state index contributed by atoms with van der Waals surface area (Å²) in [5, 5.41) is 3.11. The van der Waals surface area contributed by atoms with Crippen LogP contribution in [0.25, 0.3) is 0 Å². The predicted octanol–water partition coefficient (Wildman–Crippen LogP) is 2.17. The Hall–Kier alpha value is -2.33. The van der Waals surface area contributed by atoms with Gasteiger partial charge in [0.2, 0.25) is 0 Å². The first-order valence-corrected chi connectivity index (χ1v) is 7.39. The molecule has 0 spiro atoms. The minimum Gasteiger partial charge on any atom is -0.399 e. The second kappa shape index (κ2) is 7.61. The monoisotopic (exact) mass is 297 g/mol. The summed E-state index contributed by atoms with van der Waals surface area (Å²) in [6, 6.07) is 17.2. The molecule has 2 aromatic carbocycles. The number of nitrogen functional groups attached to an aromatic ring is 1. The van der Waals surface area contributed by atoms with Crippen molar-refractivity contribution in [1.29, 1.82) is 0 Å². The van der Waals surface area contributed by atoms with Crippen LogP contribution in [0.5, 0.6) is 0 Å². The van der Waals surface area contributed by atoms with Crippen molar-refractivity contribution in [3.63, 3.8) is 0 Å². The van der Waals surface area contributed by atoms with Crippen molar-refractivity contribution in [2.75, 3.05) is 26.4 Å². The molecule has 2 rings (SSSR count). The topological polar surface area (TPSA) is 58.4 Å². The minimum absolute atomic E-state index is 0.0578. The lowest BCUT2D eigenvalue weighted by atomic mass is 10.0. The Labute approximate surface area is 131 Å². The van der Waals surface area contributed by atoms with Crippen molar-refractivity contribution in [3.8, 4) is 0 Å². The Morgan fingerprint density at radius 1 is 1.09 bits per heavy atom. The lowest BCUT2D eigenvalue weighted by Gasteiger charge is -2.22. The van der Waals surface area contributed by atoms with E-state index in [1.54, 1.807) is 24.3 Å². The number of nitrogens with zero attached hydrogens (tertiary/aromatic N) is 1. The standard InChI is InChI=1S/C18H23N3O/c1-21(2)13-17(12-14-6-4-3-5-7-14)20-18(22)15-8-10-16(19)11-9-15/h3-11,17H,12-13,19H2,1-2H3,(H,20,22). The maximum Gasteiger partial charge on any atom is 0.251 e. The molecule has 0 aliphatic carbocycles. The molecule has 116 valence electrons. The smallest absolute Gasteiger partial charge is 0.251 e. The Bertz CT molecular complexity index is 593. The van der Waals surface area contributed by atoms with E-state index >= 15 is 0 Å². The number of benzene rings is 2. The van der Waals surface area contributed by atoms with Gasteiger partial charge in [-0.3, -0.25) is 4.79 Å². The van der Waals surface area contributed by atoms with Crippen LogP contribution in [0.2, 0.25) is 0 Å². The number of carbonyl (C=O) groups excluding carboxylic acids is 1. The number of nitrogens with one attached hydrogen (secondary N) is 1. The average Bonchev–Trinajstić information content (AvgIpc) is 2.48. The van der Waals surface area contributed by atoms with Gasteiger partial charge < -0.3 is 16.0 Å². The summed E-state index contributed by atoms with van der Waals surface area (Å²) in [7, 11) is 4.01. The van der Waals surface area contributed by atoms with Crippen molar-refractivity contribution >= 4 is 11.6 Å². The zero-order valence-electron chi connectivity index (χ0n) is 13.1. The predicted molar refractivity (Wildman–Crippen MR) is 90.8 cm³/mol. The first-order chi connectivity index (χ1) is 10.5. The quantitative estimate of drug-likeness (QED) is 0.803. The molecule has 0 heterocycles. The van der Waals surface area contributed by atoms with E-state index in [9.17, 15) is 4.79 Å². The molecule has 0 bridgehead atoms. The van der Waals surface area contributed by atoms with E-state index in [1.807, 2.05) is 32.3 Å². The van der Waals surface area contributed by atoms with Crippen molar-refractivity contribution < 1.29 is 4.79 Å². The van der Waals surface area contributed by atoms with Crippen LogP contribution in [0.1, 0.15) is 15.9 Å². The first-order valence-electron chi connectivity index (χ1n) is 7.39. The van der Waals surface area contributed by atoms with E-state index in [0.29, 0.717) is 11.3 Å². The Morgan fingerprint density at radius 2 is 1.73 bits per heavy atom. The van der Waals surface area contributed by atoms with E-state index in [4.69, 9.17) is 5.73 Å². The third kappa shape index (κ3) is 4.90. The fraction of sp³-hybridized carbons (Fsp3) is 0.278. The Kier molecular flexibility index (Phi) is 5.55. The molecule has 4 heteroatoms. The zero-order valence-corrected chi connectivity index (χ0v) is 13.1. The molecule has 0 saturated heterocycles. The SMILES string of the molecule is CN(C)CC(Cc1ccccc1)NC(=O)c1ccc(N)cc1. The molecule has 4 nitrogen and oxygen atoms in total. The normalized spacial score (nSPS) is 12.1. The van der Waals surface area contributed by atoms with Crippen molar-refractivity contribution in [3.05, 3.63) is 65.7 Å². The van der Waals surface area contributed by atoms with Crippen molar-refractivity contribution in [2.24, 2.45) is 0 Å². The molecule has 1 atom stereocenters. The fourth-order valence-electron chi connectivity index (χ4n) is 2.40. The molecule has 0 aromatic heterocycles. The van der Waals surface area contributed by atoms with E-state index in [1.165, 1.54) is 5.56 Å². The third-order valence-electron chi connectivity index (χ3n) is 3.42. The van der Waals surface area contributed by atoms with Gasteiger partial charge in [-0.1, -0.05) is 30.3 Å². The molecule has 0 aliphatic rings. The van der Waals surface area contributed by atoms with Gasteiger partial charge in [0, 0.05) is 23.8 Å². The van der Waals surface area contributed by atoms with E-state index < -0.39 is 0 Å². The molecule has 3 N–H and O–H groups in total. The maximum atomic E-state index is 12.4. The minimum atomic E-state index is -0.0669. The highest BCUT2D eigenvalue weighted by Crippen LogP contribution is 2.08. The summed E-state index contributed by atoms with van der Waals surface area (Å²) in [5.41, 5.74) is 8.16. The molecule has 0 saturated carbocycles. The van der Waals surface area contributed by atoms with E-state index in [-0.39, 0.29) is 11.9 Å². The molecular weight excluding hydrogens is 274 g/mol. The number of amides is 1. The van der Waals surface area contributed by atoms with Crippen LogP contribution >= 0.6 is 0 Å². The second-order valence-corrected chi connectivity index (χ2v) is 5.74. The summed E-state index contributed by atoms with van der Waals surface area (Å²) in [5.74, 6) is -0.0669. The number of hydrogen-bond acceptors (Lipinski definition) is 3. The highest BCUT2D eigenvalue weighted by atomic mass is 16.1. The molecule has 1 amide bonds. The lowest BCUT2D eigenvalue weighted by Crippen LogP contribution is -2.43. The molecule has 0 aliphatic heterocycles. The Morgan fingerprint density at radius 3 is 2.32 bits per heavy atom. The van der Waals surface area contributed by atoms with Gasteiger partial charge in [0.25, 0.3) is 5.91 Å². The number of carbonyl (C=O) groups is 1. The van der Waals surface area contributed by atoms with Gasteiger partial charge in [-0.25, -0.2) is 0 Å². The van der Waals surface area contributed by atoms with Gasteiger partial charge in [-0.15, -0.1) is 0 Å². The second-order valence-electron chi connectivity index (χ2n) is 5.74. The number of rotatable bonds is 6. The number of likely N-dealkylation sites (N-methyl/N-ethyl adjacent to an activating group) is 1. The summed E-state index contributed by atoms with van der Waals surface area (Å²) in [6.45, 7) is 0.787. The molecule has 2 aromatic rings. The van der Waals surface area contributed by atoms with Crippen molar-refractivity contribution in [1.82, 2.24) is 10.2 Å². The van der Waals surface area contributed by atoms with Gasteiger partial charge in [-0.2, -0.15) is 0 Å². The fourth-order valence-corrected chi connectivity index (χ4v) is 2.40. The van der Waals surface area contributed by atoms with Crippen LogP contribution in [-0.4, -0.2) is 37.5 Å². The largest absolute Gasteiger partial charge is 0.399 e. The van der Waals surface area contributed by atoms with Crippen LogP contribution in [0.3, 0.4) is 0 Å². The lowest BCUT2D eigenvalue weighted by molar-refractivity contribution is 0.0930. The number of anilines is 1. The highest BCUT2D eigenvalue weighted by Gasteiger charge is 2.15. The zero-order chi connectivity index (χ0) is 15.9. The molecule has 22 heavy (non-hydrogen) atoms. The molecule has 0 fully saturated rings. The van der Waals surface area contributed by atoms with Crippen LogP contribution in [-0.2, 0) is 6.42 Å². The molecular formula is C18H23N3O. The summed E-state index contributed by atoms with van der Waals surface area (Å²) >= 11 is 0. The summed E-state index contributed by atoms with van der Waals surface area (Å²) in [6.07, 6.45) is 0.805. The van der Waals surface area contributed by atoms with Gasteiger partial charge in [0.15, 0.2) is 0 Å². The molecule has 0 radical (unpaired) electrons. The van der Waals surface area contributed by atoms with Crippen LogP contribution in [0.15, 0.2) is 54.6 Å². The van der Waals surface area contributed by atoms with Gasteiger partial charge in [-0.05, 0) is 50.3 Å². The van der Waals surface area contributed by atoms with Crippen LogP contribution in [0.4, 0.5) is 5.69 Å². The highest BCUT2D eigenvalue weighted by molar-refractivity contribution is 5.94. The molecule has 1 unspecified atom stereocenters. The Balaban J connectivity index is 2.05. The van der Waals surface area contributed by atoms with Crippen LogP contribution < -0.4 is 11.1 Å². The van der Waals surface area contributed by atoms with E-state index in [2.05, 4.69) is 22.3 Å².